The lowest BCUT2D eigenvalue weighted by molar-refractivity contribution is 0.240. The Hall–Kier alpha value is -0.0800. The van der Waals surface area contributed by atoms with Crippen LogP contribution in [0.4, 0.5) is 0 Å². The summed E-state index contributed by atoms with van der Waals surface area (Å²) in [4.78, 5) is 0. The fourth-order valence-corrected chi connectivity index (χ4v) is 3.28. The topological polar surface area (TPSA) is 32.3 Å². The van der Waals surface area contributed by atoms with Crippen LogP contribution in [0.25, 0.3) is 0 Å². The number of hydrogen-bond donors (Lipinski definition) is 2. The Morgan fingerprint density at radius 3 is 2.65 bits per heavy atom. The Morgan fingerprint density at radius 2 is 2.00 bits per heavy atom. The van der Waals surface area contributed by atoms with Gasteiger partial charge in [-0.2, -0.15) is 0 Å². The molecule has 17 heavy (non-hydrogen) atoms. The maximum Gasteiger partial charge on any atom is 0.0436 e. The molecule has 0 bridgehead atoms. The fraction of sp³-hybridized carbons (Fsp3) is 1.00. The van der Waals surface area contributed by atoms with Gasteiger partial charge in [-0.25, -0.2) is 0 Å². The highest BCUT2D eigenvalue weighted by Gasteiger charge is 2.41. The molecule has 0 spiro atoms. The van der Waals surface area contributed by atoms with Crippen molar-refractivity contribution >= 4 is 0 Å². The smallest absolute Gasteiger partial charge is 0.0436 e. The summed E-state index contributed by atoms with van der Waals surface area (Å²) in [6.07, 6.45) is 12.0. The normalized spacial score (nSPS) is 32.1. The van der Waals surface area contributed by atoms with Crippen LogP contribution in [-0.4, -0.2) is 24.3 Å². The minimum absolute atomic E-state index is 0.365. The number of hydrogen-bond acceptors (Lipinski definition) is 2. The zero-order chi connectivity index (χ0) is 12.1. The van der Waals surface area contributed by atoms with Crippen molar-refractivity contribution in [2.24, 2.45) is 11.3 Å². The van der Waals surface area contributed by atoms with Gasteiger partial charge in [0.05, 0.1) is 0 Å². The lowest BCUT2D eigenvalue weighted by Gasteiger charge is -2.21. The van der Waals surface area contributed by atoms with Gasteiger partial charge in [-0.05, 0) is 49.9 Å². The maximum absolute atomic E-state index is 9.06. The van der Waals surface area contributed by atoms with Crippen molar-refractivity contribution in [3.8, 4) is 0 Å². The van der Waals surface area contributed by atoms with Gasteiger partial charge in [0.1, 0.15) is 0 Å². The van der Waals surface area contributed by atoms with Crippen LogP contribution in [0.5, 0.6) is 0 Å². The molecule has 0 aromatic carbocycles. The van der Waals surface area contributed by atoms with Gasteiger partial charge < -0.3 is 10.4 Å². The van der Waals surface area contributed by atoms with Crippen LogP contribution in [0, 0.1) is 11.3 Å². The number of rotatable bonds is 6. The summed E-state index contributed by atoms with van der Waals surface area (Å²) in [5.74, 6) is 0.981. The molecule has 2 nitrogen and oxygen atoms in total. The monoisotopic (exact) mass is 239 g/mol. The van der Waals surface area contributed by atoms with E-state index in [0.717, 1.165) is 24.9 Å². The van der Waals surface area contributed by atoms with E-state index in [1.807, 2.05) is 0 Å². The molecule has 2 aliphatic rings. The first-order valence-electron chi connectivity index (χ1n) is 7.62. The Bertz CT molecular complexity index is 225. The quantitative estimate of drug-likeness (QED) is 0.698. The van der Waals surface area contributed by atoms with Crippen molar-refractivity contribution in [3.63, 3.8) is 0 Å². The van der Waals surface area contributed by atoms with Gasteiger partial charge in [-0.15, -0.1) is 0 Å². The van der Waals surface area contributed by atoms with Crippen molar-refractivity contribution in [2.45, 2.75) is 70.8 Å². The first kappa shape index (κ1) is 13.4. The van der Waals surface area contributed by atoms with E-state index >= 15 is 0 Å². The molecule has 2 unspecified atom stereocenters. The first-order valence-corrected chi connectivity index (χ1v) is 7.62. The molecule has 0 aliphatic heterocycles. The minimum Gasteiger partial charge on any atom is -0.396 e. The Balaban J connectivity index is 1.69. The molecular formula is C15H29NO. The molecule has 100 valence electrons. The van der Waals surface area contributed by atoms with Gasteiger partial charge in [-0.3, -0.25) is 0 Å². The van der Waals surface area contributed by atoms with E-state index in [-0.39, 0.29) is 0 Å². The summed E-state index contributed by atoms with van der Waals surface area (Å²) in [5, 5.41) is 12.8. The predicted octanol–water partition coefficient (Wildman–Crippen LogP) is 3.10. The molecule has 0 aromatic rings. The molecule has 2 saturated carbocycles. The van der Waals surface area contributed by atoms with Gasteiger partial charge in [0.15, 0.2) is 0 Å². The minimum atomic E-state index is 0.365. The average molecular weight is 239 g/mol. The molecule has 0 amide bonds. The molecule has 2 atom stereocenters. The summed E-state index contributed by atoms with van der Waals surface area (Å²) in [7, 11) is 0. The molecule has 0 heterocycles. The van der Waals surface area contributed by atoms with Crippen LogP contribution in [0.15, 0.2) is 0 Å². The van der Waals surface area contributed by atoms with E-state index in [1.54, 1.807) is 0 Å². The highest BCUT2D eigenvalue weighted by molar-refractivity contribution is 4.95. The molecule has 2 heteroatoms. The summed E-state index contributed by atoms with van der Waals surface area (Å²) in [6, 6.07) is 0.753. The lowest BCUT2D eigenvalue weighted by Crippen LogP contribution is -2.34. The molecule has 0 saturated heterocycles. The zero-order valence-electron chi connectivity index (χ0n) is 11.4. The molecule has 2 N–H and O–H groups in total. The summed E-state index contributed by atoms with van der Waals surface area (Å²) in [5.41, 5.74) is 0.477. The number of nitrogens with one attached hydrogen (secondary N) is 1. The van der Waals surface area contributed by atoms with E-state index in [1.165, 1.54) is 51.4 Å². The van der Waals surface area contributed by atoms with Crippen molar-refractivity contribution in [2.75, 3.05) is 13.2 Å². The van der Waals surface area contributed by atoms with Crippen LogP contribution in [0.1, 0.15) is 64.7 Å². The van der Waals surface area contributed by atoms with E-state index in [4.69, 9.17) is 5.11 Å². The third kappa shape index (κ3) is 3.96. The maximum atomic E-state index is 9.06. The van der Waals surface area contributed by atoms with E-state index in [2.05, 4.69) is 12.2 Å². The van der Waals surface area contributed by atoms with E-state index in [9.17, 15) is 0 Å². The van der Waals surface area contributed by atoms with Gasteiger partial charge in [0.25, 0.3) is 0 Å². The van der Waals surface area contributed by atoms with Gasteiger partial charge >= 0.3 is 0 Å². The third-order valence-electron chi connectivity index (χ3n) is 5.03. The van der Waals surface area contributed by atoms with Crippen molar-refractivity contribution in [1.82, 2.24) is 5.32 Å². The van der Waals surface area contributed by atoms with Crippen LogP contribution < -0.4 is 5.32 Å². The SMILES string of the molecule is CCC1CCCC(NCC2(CCO)CC2)CC1. The Morgan fingerprint density at radius 1 is 1.18 bits per heavy atom. The van der Waals surface area contributed by atoms with Gasteiger partial charge in [0.2, 0.25) is 0 Å². The first-order chi connectivity index (χ1) is 8.28. The second-order valence-electron chi connectivity index (χ2n) is 6.33. The van der Waals surface area contributed by atoms with E-state index in [0.29, 0.717) is 12.0 Å². The second-order valence-corrected chi connectivity index (χ2v) is 6.33. The van der Waals surface area contributed by atoms with Crippen LogP contribution in [-0.2, 0) is 0 Å². The fourth-order valence-electron chi connectivity index (χ4n) is 3.28. The standard InChI is InChI=1S/C15H29NO/c1-2-13-4-3-5-14(7-6-13)16-12-15(8-9-15)10-11-17/h13-14,16-17H,2-12H2,1H3. The third-order valence-corrected chi connectivity index (χ3v) is 5.03. The molecule has 2 fully saturated rings. The second kappa shape index (κ2) is 6.19. The molecule has 2 rings (SSSR count). The Labute approximate surface area is 106 Å². The highest BCUT2D eigenvalue weighted by Crippen LogP contribution is 2.48. The van der Waals surface area contributed by atoms with Crippen molar-refractivity contribution < 1.29 is 5.11 Å². The van der Waals surface area contributed by atoms with Crippen LogP contribution in [0.3, 0.4) is 0 Å². The molecule has 0 radical (unpaired) electrons. The van der Waals surface area contributed by atoms with Crippen LogP contribution >= 0.6 is 0 Å². The number of aliphatic hydroxyl groups excluding tert-OH is 1. The average Bonchev–Trinajstić information content (AvgIpc) is 3.11. The van der Waals surface area contributed by atoms with Crippen LogP contribution in [0.2, 0.25) is 0 Å². The van der Waals surface area contributed by atoms with Crippen molar-refractivity contribution in [3.05, 3.63) is 0 Å². The lowest BCUT2D eigenvalue weighted by atomic mass is 9.97. The summed E-state index contributed by atoms with van der Waals surface area (Å²) >= 11 is 0. The predicted molar refractivity (Wildman–Crippen MR) is 72.0 cm³/mol. The summed E-state index contributed by atoms with van der Waals surface area (Å²) in [6.45, 7) is 3.85. The molecule has 0 aromatic heterocycles. The zero-order valence-corrected chi connectivity index (χ0v) is 11.4. The largest absolute Gasteiger partial charge is 0.396 e. The molecular weight excluding hydrogens is 210 g/mol. The summed E-state index contributed by atoms with van der Waals surface area (Å²) < 4.78 is 0. The van der Waals surface area contributed by atoms with E-state index < -0.39 is 0 Å². The molecule has 2 aliphatic carbocycles. The van der Waals surface area contributed by atoms with Gasteiger partial charge in [-0.1, -0.05) is 26.2 Å². The highest BCUT2D eigenvalue weighted by atomic mass is 16.3. The van der Waals surface area contributed by atoms with Crippen molar-refractivity contribution in [1.29, 1.82) is 0 Å². The number of aliphatic hydroxyl groups is 1. The Kier molecular flexibility index (Phi) is 4.87. The van der Waals surface area contributed by atoms with Gasteiger partial charge in [0, 0.05) is 19.2 Å².